The van der Waals surface area contributed by atoms with Crippen molar-refractivity contribution in [2.24, 2.45) is 0 Å². The molecular weight excluding hydrogens is 180 g/mol. The Morgan fingerprint density at radius 3 is 2.13 bits per heavy atom. The molecule has 0 nitrogen and oxygen atoms in total. The van der Waals surface area contributed by atoms with Crippen LogP contribution in [0.5, 0.6) is 0 Å². The first-order valence-corrected chi connectivity index (χ1v) is 6.13. The quantitative estimate of drug-likeness (QED) is 0.623. The smallest absolute Gasteiger partial charge is 0.0228 e. The van der Waals surface area contributed by atoms with Crippen molar-refractivity contribution in [3.63, 3.8) is 0 Å². The second-order valence-electron chi connectivity index (χ2n) is 3.25. The molecule has 0 saturated heterocycles. The molecule has 0 heterocycles. The van der Waals surface area contributed by atoms with Crippen LogP contribution in [0.25, 0.3) is 5.57 Å². The lowest BCUT2D eigenvalue weighted by atomic mass is 10.0. The average molecular weight is 204 g/mol. The zero-order valence-electron chi connectivity index (χ0n) is 10.6. The number of allylic oxidation sites excluding steroid dienone is 2. The van der Waals surface area contributed by atoms with Crippen LogP contribution in [-0.4, -0.2) is 0 Å². The van der Waals surface area contributed by atoms with Crippen molar-refractivity contribution < 1.29 is 0 Å². The van der Waals surface area contributed by atoms with Crippen LogP contribution in [0.1, 0.15) is 52.5 Å². The average Bonchev–Trinajstić information content (AvgIpc) is 2.33. The zero-order valence-corrected chi connectivity index (χ0v) is 10.6. The lowest BCUT2D eigenvalue weighted by molar-refractivity contribution is 0.967. The van der Waals surface area contributed by atoms with Gasteiger partial charge in [0, 0.05) is 0 Å². The van der Waals surface area contributed by atoms with Gasteiger partial charge >= 0.3 is 0 Å². The van der Waals surface area contributed by atoms with E-state index < -0.39 is 0 Å². The highest BCUT2D eigenvalue weighted by Gasteiger charge is 1.97. The fourth-order valence-electron chi connectivity index (χ4n) is 1.53. The van der Waals surface area contributed by atoms with E-state index in [0.29, 0.717) is 0 Å². The number of benzene rings is 1. The van der Waals surface area contributed by atoms with Gasteiger partial charge in [0.15, 0.2) is 0 Å². The molecule has 1 aromatic carbocycles. The summed E-state index contributed by atoms with van der Waals surface area (Å²) < 4.78 is 0. The van der Waals surface area contributed by atoms with E-state index in [4.69, 9.17) is 0 Å². The van der Waals surface area contributed by atoms with E-state index in [9.17, 15) is 0 Å². The molecule has 1 aromatic rings. The predicted molar refractivity (Wildman–Crippen MR) is 71.0 cm³/mol. The van der Waals surface area contributed by atoms with Crippen LogP contribution in [0, 0.1) is 0 Å². The summed E-state index contributed by atoms with van der Waals surface area (Å²) in [6.45, 7) is 8.42. The van der Waals surface area contributed by atoms with E-state index in [2.05, 4.69) is 50.3 Å². The third-order valence-corrected chi connectivity index (χ3v) is 2.11. The first-order valence-electron chi connectivity index (χ1n) is 6.13. The summed E-state index contributed by atoms with van der Waals surface area (Å²) in [6.07, 6.45) is 5.88. The molecule has 0 unspecified atom stereocenters. The maximum Gasteiger partial charge on any atom is -0.0228 e. The maximum absolute atomic E-state index is 2.33. The molecule has 0 N–H and O–H groups in total. The molecular formula is C15H24. The van der Waals surface area contributed by atoms with E-state index in [1.165, 1.54) is 24.0 Å². The van der Waals surface area contributed by atoms with Gasteiger partial charge in [0.25, 0.3) is 0 Å². The lowest BCUT2D eigenvalue weighted by Gasteiger charge is -2.05. The summed E-state index contributed by atoms with van der Waals surface area (Å²) in [5, 5.41) is 0. The molecule has 0 aliphatic rings. The number of hydrogen-bond donors (Lipinski definition) is 0. The van der Waals surface area contributed by atoms with Crippen molar-refractivity contribution in [3.8, 4) is 0 Å². The molecule has 84 valence electrons. The molecule has 0 bridgehead atoms. The Kier molecular flexibility index (Phi) is 8.85. The Balaban J connectivity index is 0.000000921. The van der Waals surface area contributed by atoms with E-state index in [-0.39, 0.29) is 0 Å². The summed E-state index contributed by atoms with van der Waals surface area (Å²) >= 11 is 0. The van der Waals surface area contributed by atoms with Crippen molar-refractivity contribution in [1.82, 2.24) is 0 Å². The number of hydrogen-bond acceptors (Lipinski definition) is 0. The normalized spacial score (nSPS) is 10.5. The molecule has 0 heteroatoms. The van der Waals surface area contributed by atoms with Crippen LogP contribution in [-0.2, 0) is 0 Å². The highest BCUT2D eigenvalue weighted by molar-refractivity contribution is 5.65. The monoisotopic (exact) mass is 204 g/mol. The zero-order chi connectivity index (χ0) is 11.5. The van der Waals surface area contributed by atoms with Crippen LogP contribution < -0.4 is 0 Å². The van der Waals surface area contributed by atoms with Gasteiger partial charge in [0.05, 0.1) is 0 Å². The van der Waals surface area contributed by atoms with E-state index in [1.807, 2.05) is 13.8 Å². The second-order valence-corrected chi connectivity index (χ2v) is 3.25. The Morgan fingerprint density at radius 1 is 1.07 bits per heavy atom. The topological polar surface area (TPSA) is 0 Å². The first kappa shape index (κ1) is 14.0. The van der Waals surface area contributed by atoms with Crippen LogP contribution in [0.4, 0.5) is 0 Å². The van der Waals surface area contributed by atoms with Gasteiger partial charge in [-0.25, -0.2) is 0 Å². The van der Waals surface area contributed by atoms with Crippen molar-refractivity contribution in [1.29, 1.82) is 0 Å². The molecule has 1 rings (SSSR count). The molecule has 0 aliphatic carbocycles. The fourth-order valence-corrected chi connectivity index (χ4v) is 1.53. The molecule has 0 atom stereocenters. The van der Waals surface area contributed by atoms with Crippen molar-refractivity contribution >= 4 is 5.57 Å². The first-order chi connectivity index (χ1) is 7.38. The predicted octanol–water partition coefficient (Wildman–Crippen LogP) is 5.31. The van der Waals surface area contributed by atoms with E-state index in [0.717, 1.165) is 6.42 Å². The Labute approximate surface area is 95.0 Å². The summed E-state index contributed by atoms with van der Waals surface area (Å²) in [5.74, 6) is 0. The minimum atomic E-state index is 1.13. The minimum absolute atomic E-state index is 1.13. The van der Waals surface area contributed by atoms with Crippen LogP contribution in [0.2, 0.25) is 0 Å². The van der Waals surface area contributed by atoms with Gasteiger partial charge in [-0.3, -0.25) is 0 Å². The van der Waals surface area contributed by atoms with Crippen molar-refractivity contribution in [2.45, 2.75) is 47.0 Å². The summed E-state index contributed by atoms with van der Waals surface area (Å²) in [6, 6.07) is 10.7. The van der Waals surface area contributed by atoms with Crippen molar-refractivity contribution in [3.05, 3.63) is 42.0 Å². The highest BCUT2D eigenvalue weighted by Crippen LogP contribution is 2.19. The molecule has 0 amide bonds. The minimum Gasteiger partial charge on any atom is -0.0810 e. The Morgan fingerprint density at radius 2 is 1.67 bits per heavy atom. The summed E-state index contributed by atoms with van der Waals surface area (Å²) in [5.41, 5.74) is 2.87. The largest absolute Gasteiger partial charge is 0.0810 e. The van der Waals surface area contributed by atoms with Gasteiger partial charge < -0.3 is 0 Å². The molecule has 0 spiro atoms. The molecule has 15 heavy (non-hydrogen) atoms. The summed E-state index contributed by atoms with van der Waals surface area (Å²) in [4.78, 5) is 0. The van der Waals surface area contributed by atoms with Gasteiger partial charge in [0.1, 0.15) is 0 Å². The van der Waals surface area contributed by atoms with Crippen LogP contribution in [0.3, 0.4) is 0 Å². The number of rotatable bonds is 4. The molecule has 0 aromatic heterocycles. The lowest BCUT2D eigenvalue weighted by Crippen LogP contribution is -1.83. The van der Waals surface area contributed by atoms with Crippen molar-refractivity contribution in [2.75, 3.05) is 0 Å². The Bertz CT molecular complexity index is 257. The molecule has 0 radical (unpaired) electrons. The molecule has 0 saturated carbocycles. The third kappa shape index (κ3) is 5.41. The second kappa shape index (κ2) is 9.51. The summed E-state index contributed by atoms with van der Waals surface area (Å²) in [7, 11) is 0. The SMILES string of the molecule is CC.CC/C=C(\CCC)c1ccccc1. The van der Waals surface area contributed by atoms with Gasteiger partial charge in [-0.15, -0.1) is 0 Å². The van der Waals surface area contributed by atoms with Gasteiger partial charge in [-0.2, -0.15) is 0 Å². The van der Waals surface area contributed by atoms with Gasteiger partial charge in [0.2, 0.25) is 0 Å². The third-order valence-electron chi connectivity index (χ3n) is 2.11. The van der Waals surface area contributed by atoms with Crippen LogP contribution >= 0.6 is 0 Å². The fraction of sp³-hybridized carbons (Fsp3) is 0.467. The van der Waals surface area contributed by atoms with Crippen LogP contribution in [0.15, 0.2) is 36.4 Å². The Hall–Kier alpha value is -1.04. The molecule has 0 aliphatic heterocycles. The maximum atomic E-state index is 2.33. The molecule has 0 fully saturated rings. The van der Waals surface area contributed by atoms with E-state index >= 15 is 0 Å². The van der Waals surface area contributed by atoms with Gasteiger partial charge in [-0.05, 0) is 24.0 Å². The standard InChI is InChI=1S/C13H18.C2H6/c1-3-8-12(9-4-2)13-10-6-5-7-11-13;1-2/h5-8,10-11H,3-4,9H2,1-2H3;1-2H3/b12-8+;. The van der Waals surface area contributed by atoms with E-state index in [1.54, 1.807) is 0 Å². The highest BCUT2D eigenvalue weighted by atomic mass is 14.0. The van der Waals surface area contributed by atoms with Gasteiger partial charge in [-0.1, -0.05) is 70.5 Å².